The number of carbonyl (C=O) groups is 4. The van der Waals surface area contributed by atoms with E-state index in [4.69, 9.17) is 15.6 Å². The molecule has 18 heteroatoms. The van der Waals surface area contributed by atoms with Gasteiger partial charge in [-0.05, 0) is 55.8 Å². The van der Waals surface area contributed by atoms with Crippen LogP contribution in [-0.4, -0.2) is 63.1 Å². The maximum absolute atomic E-state index is 12.5. The summed E-state index contributed by atoms with van der Waals surface area (Å²) in [4.78, 5) is 57.4. The van der Waals surface area contributed by atoms with Gasteiger partial charge in [-0.15, -0.1) is 0 Å². The smallest absolute Gasteiger partial charge is 0.430 e. The van der Waals surface area contributed by atoms with E-state index in [9.17, 15) is 32.7 Å². The van der Waals surface area contributed by atoms with E-state index in [1.54, 1.807) is 30.7 Å². The minimum Gasteiger partial charge on any atom is -0.542 e. The molecule has 40 heavy (non-hydrogen) atoms. The van der Waals surface area contributed by atoms with Crippen LogP contribution in [0.25, 0.3) is 0 Å². The van der Waals surface area contributed by atoms with Crippen molar-refractivity contribution in [1.29, 1.82) is 0 Å². The number of aromatic nitrogens is 4. The molecule has 0 aromatic carbocycles. The number of nitrogens with two attached hydrogens (primary N) is 1. The van der Waals surface area contributed by atoms with Crippen molar-refractivity contribution < 1.29 is 47.5 Å². The van der Waals surface area contributed by atoms with Gasteiger partial charge in [0.25, 0.3) is 11.8 Å². The molecule has 0 aliphatic heterocycles. The second-order valence-electron chi connectivity index (χ2n) is 8.67. The highest BCUT2D eigenvalue weighted by molar-refractivity contribution is 9.10. The summed E-state index contributed by atoms with van der Waals surface area (Å²) < 4.78 is 33.0. The number of hydrogen-bond donors (Lipinski definition) is 7. The van der Waals surface area contributed by atoms with Gasteiger partial charge in [0.2, 0.25) is 0 Å². The van der Waals surface area contributed by atoms with Crippen LogP contribution in [0.5, 0.6) is 0 Å². The van der Waals surface area contributed by atoms with Gasteiger partial charge in [-0.2, -0.15) is 13.2 Å². The number of alkyl halides is 3. The Morgan fingerprint density at radius 1 is 1.00 bits per heavy atom. The van der Waals surface area contributed by atoms with Crippen molar-refractivity contribution in [2.24, 2.45) is 17.8 Å². The second-order valence-corrected chi connectivity index (χ2v) is 10.5. The summed E-state index contributed by atoms with van der Waals surface area (Å²) in [5, 5.41) is 24.4. The SMILES string of the molecule is Nc1[nH]c([C@H]2[C@H](CNC(=O)c3cc(Br)c[nH]3)[C@@H](CNC(=O)c3cc(Br)c[nH]3)[C@@H]2C(=O)O)c[nH+]1.O=C([O-])C(F)(F)F. The van der Waals surface area contributed by atoms with Gasteiger partial charge in [0.05, 0.1) is 12.1 Å². The third-order valence-electron chi connectivity index (χ3n) is 6.18. The zero-order chi connectivity index (χ0) is 29.8. The average Bonchev–Trinajstić information content (AvgIpc) is 3.59. The first kappa shape index (κ1) is 30.7. The Bertz CT molecular complexity index is 1390. The molecule has 13 nitrogen and oxygen atoms in total. The molecule has 1 aliphatic carbocycles. The summed E-state index contributed by atoms with van der Waals surface area (Å²) in [6.45, 7) is 0.356. The minimum atomic E-state index is -5.19. The number of halogens is 5. The molecule has 2 amide bonds. The molecule has 1 fully saturated rings. The number of nitrogens with one attached hydrogen (secondary N) is 6. The van der Waals surface area contributed by atoms with Crippen LogP contribution < -0.4 is 26.5 Å². The van der Waals surface area contributed by atoms with Gasteiger partial charge < -0.3 is 35.6 Å². The number of nitrogen functional groups attached to an aromatic ring is 1. The van der Waals surface area contributed by atoms with Crippen molar-refractivity contribution in [1.82, 2.24) is 25.6 Å². The zero-order valence-electron chi connectivity index (χ0n) is 20.1. The lowest BCUT2D eigenvalue weighted by molar-refractivity contribution is -0.358. The topological polar surface area (TPSA) is 223 Å². The lowest BCUT2D eigenvalue weighted by Gasteiger charge is -2.49. The Balaban J connectivity index is 0.000000559. The number of H-pyrrole nitrogens is 4. The highest BCUT2D eigenvalue weighted by Gasteiger charge is 2.56. The monoisotopic (exact) mass is 695 g/mol. The van der Waals surface area contributed by atoms with Crippen LogP contribution in [0, 0.1) is 17.8 Å². The fraction of sp³-hybridized carbons (Fsp3) is 0.318. The standard InChI is InChI=1S/C20H21Br2N7O4.C2HF3O2/c21-8-1-12(24-3-8)17(30)26-5-10-11(6-27-18(31)13-2-9(22)4-25-13)16(19(32)33)15(10)14-7-28-20(23)29-14;3-2(4,5)1(6)7/h1-4,7,10-11,15-16,24-25H,5-6H2,(H,26,30)(H,27,31)(H,32,33)(H3,23,28,29);(H,6,7)/t10-,11-,15-,16+;/m1./s1. The molecular formula is C22H22Br2F3N7O6. The zero-order valence-corrected chi connectivity index (χ0v) is 23.2. The average molecular weight is 697 g/mol. The predicted molar refractivity (Wildman–Crippen MR) is 135 cm³/mol. The van der Waals surface area contributed by atoms with Crippen molar-refractivity contribution in [2.75, 3.05) is 18.8 Å². The Morgan fingerprint density at radius 2 is 1.48 bits per heavy atom. The molecule has 0 radical (unpaired) electrons. The van der Waals surface area contributed by atoms with Crippen molar-refractivity contribution in [2.45, 2.75) is 12.1 Å². The highest BCUT2D eigenvalue weighted by atomic mass is 79.9. The van der Waals surface area contributed by atoms with E-state index < -0.39 is 35.9 Å². The van der Waals surface area contributed by atoms with Crippen molar-refractivity contribution in [3.8, 4) is 0 Å². The quantitative estimate of drug-likeness (QED) is 0.179. The molecule has 1 saturated carbocycles. The molecule has 4 atom stereocenters. The van der Waals surface area contributed by atoms with E-state index in [1.165, 1.54) is 0 Å². The number of aromatic amines is 4. The van der Waals surface area contributed by atoms with Crippen molar-refractivity contribution >= 4 is 61.6 Å². The first-order chi connectivity index (χ1) is 18.7. The fourth-order valence-corrected chi connectivity index (χ4v) is 5.10. The molecule has 3 heterocycles. The number of anilines is 1. The van der Waals surface area contributed by atoms with Gasteiger partial charge in [-0.3, -0.25) is 20.1 Å². The first-order valence-electron chi connectivity index (χ1n) is 11.3. The summed E-state index contributed by atoms with van der Waals surface area (Å²) in [7, 11) is 0. The van der Waals surface area contributed by atoms with Crippen LogP contribution in [-0.2, 0) is 9.59 Å². The molecule has 1 aliphatic rings. The Morgan fingerprint density at radius 3 is 1.82 bits per heavy atom. The van der Waals surface area contributed by atoms with Crippen molar-refractivity contribution in [3.05, 3.63) is 56.8 Å². The van der Waals surface area contributed by atoms with Gasteiger partial charge in [0.15, 0.2) is 0 Å². The van der Waals surface area contributed by atoms with Gasteiger partial charge in [-0.1, -0.05) is 0 Å². The number of hydrogen-bond acceptors (Lipinski definition) is 6. The third-order valence-corrected chi connectivity index (χ3v) is 7.09. The normalized spacial score (nSPS) is 20.0. The van der Waals surface area contributed by atoms with Crippen LogP contribution in [0.1, 0.15) is 32.6 Å². The molecular weight excluding hydrogens is 675 g/mol. The van der Waals surface area contributed by atoms with E-state index in [-0.39, 0.29) is 30.8 Å². The molecule has 4 rings (SSSR count). The summed E-state index contributed by atoms with van der Waals surface area (Å²) in [5.74, 6) is -6.19. The predicted octanol–water partition coefficient (Wildman–Crippen LogP) is 0.781. The number of imidazole rings is 1. The van der Waals surface area contributed by atoms with Crippen molar-refractivity contribution in [3.63, 3.8) is 0 Å². The number of rotatable bonds is 8. The Labute approximate surface area is 239 Å². The van der Waals surface area contributed by atoms with E-state index in [0.717, 1.165) is 8.95 Å². The molecule has 3 aromatic rings. The van der Waals surface area contributed by atoms with Gasteiger partial charge in [0.1, 0.15) is 23.1 Å². The van der Waals surface area contributed by atoms with Crippen LogP contribution in [0.15, 0.2) is 39.7 Å². The van der Waals surface area contributed by atoms with Crippen LogP contribution >= 0.6 is 31.9 Å². The lowest BCUT2D eigenvalue weighted by Crippen LogP contribution is -2.57. The summed E-state index contributed by atoms with van der Waals surface area (Å²) in [6, 6.07) is 3.29. The first-order valence-corrected chi connectivity index (χ1v) is 12.9. The van der Waals surface area contributed by atoms with E-state index in [2.05, 4.69) is 62.4 Å². The van der Waals surface area contributed by atoms with Gasteiger partial charge in [-0.25, -0.2) is 9.97 Å². The molecule has 216 valence electrons. The van der Waals surface area contributed by atoms with Crippen LogP contribution in [0.2, 0.25) is 0 Å². The Hall–Kier alpha value is -3.80. The summed E-state index contributed by atoms with van der Waals surface area (Å²) in [5.41, 5.74) is 7.14. The second kappa shape index (κ2) is 12.6. The van der Waals surface area contributed by atoms with E-state index >= 15 is 0 Å². The highest BCUT2D eigenvalue weighted by Crippen LogP contribution is 2.51. The van der Waals surface area contributed by atoms with Crippen LogP contribution in [0.3, 0.4) is 0 Å². The summed E-state index contributed by atoms with van der Waals surface area (Å²) >= 11 is 6.58. The van der Waals surface area contributed by atoms with Gasteiger partial charge in [0, 0.05) is 40.3 Å². The third kappa shape index (κ3) is 7.44. The molecule has 0 bridgehead atoms. The molecule has 0 unspecified atom stereocenters. The Kier molecular flexibility index (Phi) is 9.67. The fourth-order valence-electron chi connectivity index (χ4n) is 4.41. The van der Waals surface area contributed by atoms with Gasteiger partial charge >= 0.3 is 18.1 Å². The number of carboxylic acids is 2. The maximum atomic E-state index is 12.5. The molecule has 3 aromatic heterocycles. The maximum Gasteiger partial charge on any atom is 0.430 e. The minimum absolute atomic E-state index is 0.136. The van der Waals surface area contributed by atoms with E-state index in [1.807, 2.05) is 0 Å². The number of aliphatic carboxylic acids is 2. The number of amides is 2. The van der Waals surface area contributed by atoms with Crippen LogP contribution in [0.4, 0.5) is 19.1 Å². The number of carboxylic acid groups (broad SMARTS) is 2. The van der Waals surface area contributed by atoms with E-state index in [0.29, 0.717) is 23.0 Å². The summed E-state index contributed by atoms with van der Waals surface area (Å²) in [6.07, 6.45) is -0.272. The largest absolute Gasteiger partial charge is 0.542 e. The molecule has 0 spiro atoms. The number of carbonyl (C=O) groups excluding carboxylic acids is 3. The molecule has 0 saturated heterocycles. The molecule has 9 N–H and O–H groups in total. The lowest BCUT2D eigenvalue weighted by atomic mass is 9.55.